The summed E-state index contributed by atoms with van der Waals surface area (Å²) < 4.78 is 0. The van der Waals surface area contributed by atoms with Crippen LogP contribution in [0.2, 0.25) is 0 Å². The fourth-order valence-corrected chi connectivity index (χ4v) is 4.69. The summed E-state index contributed by atoms with van der Waals surface area (Å²) in [5.74, 6) is 4.26. The van der Waals surface area contributed by atoms with Crippen LogP contribution in [0.25, 0.3) is 10.8 Å². The molecule has 2 unspecified atom stereocenters. The number of benzene rings is 2. The molecule has 1 fully saturated rings. The smallest absolute Gasteiger partial charge is 0.000760 e. The number of rotatable bonds is 0. The maximum Gasteiger partial charge on any atom is 0.000760 e. The lowest BCUT2D eigenvalue weighted by molar-refractivity contribution is 0.580. The molecule has 16 heavy (non-hydrogen) atoms. The quantitative estimate of drug-likeness (QED) is 0.650. The molecule has 1 heteroatoms. The van der Waals surface area contributed by atoms with Crippen LogP contribution >= 0.6 is 11.8 Å². The highest BCUT2D eigenvalue weighted by Gasteiger charge is 2.35. The van der Waals surface area contributed by atoms with Crippen molar-refractivity contribution in [2.75, 3.05) is 11.5 Å². The van der Waals surface area contributed by atoms with Crippen molar-refractivity contribution in [1.29, 1.82) is 0 Å². The van der Waals surface area contributed by atoms with Gasteiger partial charge in [-0.25, -0.2) is 0 Å². The molecule has 4 rings (SSSR count). The van der Waals surface area contributed by atoms with Gasteiger partial charge in [0.15, 0.2) is 0 Å². The summed E-state index contributed by atoms with van der Waals surface area (Å²) in [6.45, 7) is 0. The predicted molar refractivity (Wildman–Crippen MR) is 71.4 cm³/mol. The molecule has 0 radical (unpaired) electrons. The molecule has 80 valence electrons. The molecule has 1 aliphatic carbocycles. The standard InChI is InChI=1S/C15H14S/c1-3-10-4-2-6-13-14-9-16-8-7-11(14)12(5-1)15(10)13/h1-6,11,14H,7-9H2. The van der Waals surface area contributed by atoms with Crippen LogP contribution in [0.5, 0.6) is 0 Å². The first kappa shape index (κ1) is 9.12. The molecule has 0 spiro atoms. The van der Waals surface area contributed by atoms with Gasteiger partial charge >= 0.3 is 0 Å². The van der Waals surface area contributed by atoms with Gasteiger partial charge in [-0.3, -0.25) is 0 Å². The topological polar surface area (TPSA) is 0 Å². The van der Waals surface area contributed by atoms with Crippen LogP contribution in [0.1, 0.15) is 29.4 Å². The fraction of sp³-hybridized carbons (Fsp3) is 0.333. The minimum atomic E-state index is 0.792. The highest BCUT2D eigenvalue weighted by molar-refractivity contribution is 7.99. The maximum atomic E-state index is 2.35. The second-order valence-electron chi connectivity index (χ2n) is 4.87. The molecular weight excluding hydrogens is 212 g/mol. The SMILES string of the molecule is c1cc2c3c(cccc3c1)C1CSCCC21. The molecule has 0 saturated carbocycles. The van der Waals surface area contributed by atoms with Crippen molar-refractivity contribution >= 4 is 22.5 Å². The van der Waals surface area contributed by atoms with Gasteiger partial charge in [-0.05, 0) is 40.0 Å². The zero-order valence-corrected chi connectivity index (χ0v) is 9.96. The summed E-state index contributed by atoms with van der Waals surface area (Å²) in [5.41, 5.74) is 3.24. The summed E-state index contributed by atoms with van der Waals surface area (Å²) >= 11 is 2.13. The van der Waals surface area contributed by atoms with Gasteiger partial charge < -0.3 is 0 Å². The van der Waals surface area contributed by atoms with Crippen molar-refractivity contribution in [3.05, 3.63) is 47.5 Å². The molecule has 0 amide bonds. The predicted octanol–water partition coefficient (Wildman–Crippen LogP) is 4.16. The van der Waals surface area contributed by atoms with E-state index in [0.717, 1.165) is 11.8 Å². The Labute approximate surface area is 100 Å². The molecule has 2 aromatic rings. The zero-order chi connectivity index (χ0) is 10.5. The second-order valence-corrected chi connectivity index (χ2v) is 6.02. The molecule has 2 aliphatic rings. The molecule has 0 N–H and O–H groups in total. The van der Waals surface area contributed by atoms with Gasteiger partial charge in [0, 0.05) is 11.7 Å². The van der Waals surface area contributed by atoms with Crippen molar-refractivity contribution in [3.63, 3.8) is 0 Å². The summed E-state index contributed by atoms with van der Waals surface area (Å²) in [7, 11) is 0. The van der Waals surface area contributed by atoms with Crippen LogP contribution in [0.4, 0.5) is 0 Å². The van der Waals surface area contributed by atoms with E-state index in [0.29, 0.717) is 0 Å². The Balaban J connectivity index is 2.07. The van der Waals surface area contributed by atoms with Crippen molar-refractivity contribution in [3.8, 4) is 0 Å². The second kappa shape index (κ2) is 3.27. The average molecular weight is 226 g/mol. The van der Waals surface area contributed by atoms with Crippen LogP contribution in [0, 0.1) is 0 Å². The van der Waals surface area contributed by atoms with E-state index in [1.54, 1.807) is 16.5 Å². The van der Waals surface area contributed by atoms with Crippen LogP contribution < -0.4 is 0 Å². The number of hydrogen-bond acceptors (Lipinski definition) is 1. The van der Waals surface area contributed by atoms with E-state index in [9.17, 15) is 0 Å². The van der Waals surface area contributed by atoms with Crippen LogP contribution in [-0.2, 0) is 0 Å². The normalized spacial score (nSPS) is 27.0. The summed E-state index contributed by atoms with van der Waals surface area (Å²) in [5, 5.41) is 3.01. The Morgan fingerprint density at radius 3 is 2.50 bits per heavy atom. The Kier molecular flexibility index (Phi) is 1.86. The molecule has 1 saturated heterocycles. The van der Waals surface area contributed by atoms with Gasteiger partial charge in [0.05, 0.1) is 0 Å². The lowest BCUT2D eigenvalue weighted by Gasteiger charge is -2.26. The number of fused-ring (bicyclic) bond motifs is 3. The van der Waals surface area contributed by atoms with E-state index >= 15 is 0 Å². The molecule has 0 aromatic heterocycles. The molecule has 1 heterocycles. The summed E-state index contributed by atoms with van der Waals surface area (Å²) in [6.07, 6.45) is 1.36. The van der Waals surface area contributed by atoms with Crippen molar-refractivity contribution in [1.82, 2.24) is 0 Å². The van der Waals surface area contributed by atoms with E-state index < -0.39 is 0 Å². The molecule has 2 atom stereocenters. The van der Waals surface area contributed by atoms with Crippen molar-refractivity contribution in [2.24, 2.45) is 0 Å². The Hall–Kier alpha value is -0.950. The van der Waals surface area contributed by atoms with E-state index in [2.05, 4.69) is 48.2 Å². The molecule has 1 aliphatic heterocycles. The Morgan fingerprint density at radius 1 is 0.938 bits per heavy atom. The first-order valence-corrected chi connectivity index (χ1v) is 7.20. The third-order valence-electron chi connectivity index (χ3n) is 4.12. The highest BCUT2D eigenvalue weighted by atomic mass is 32.2. The van der Waals surface area contributed by atoms with Gasteiger partial charge in [0.1, 0.15) is 0 Å². The first-order chi connectivity index (χ1) is 7.95. The third-order valence-corrected chi connectivity index (χ3v) is 5.24. The van der Waals surface area contributed by atoms with Crippen LogP contribution in [0.3, 0.4) is 0 Å². The van der Waals surface area contributed by atoms with Gasteiger partial charge in [0.2, 0.25) is 0 Å². The zero-order valence-electron chi connectivity index (χ0n) is 9.15. The van der Waals surface area contributed by atoms with E-state index in [4.69, 9.17) is 0 Å². The lowest BCUT2D eigenvalue weighted by atomic mass is 9.89. The van der Waals surface area contributed by atoms with Crippen molar-refractivity contribution in [2.45, 2.75) is 18.3 Å². The minimum absolute atomic E-state index is 0.792. The Bertz CT molecular complexity index is 512. The van der Waals surface area contributed by atoms with Gasteiger partial charge in [-0.2, -0.15) is 11.8 Å². The van der Waals surface area contributed by atoms with E-state index in [1.165, 1.54) is 23.3 Å². The van der Waals surface area contributed by atoms with Gasteiger partial charge in [-0.15, -0.1) is 0 Å². The maximum absolute atomic E-state index is 2.35. The average Bonchev–Trinajstić information content (AvgIpc) is 2.68. The summed E-state index contributed by atoms with van der Waals surface area (Å²) in [6, 6.07) is 13.7. The summed E-state index contributed by atoms with van der Waals surface area (Å²) in [4.78, 5) is 0. The fourth-order valence-electron chi connectivity index (χ4n) is 3.43. The molecular formula is C15H14S. The first-order valence-electron chi connectivity index (χ1n) is 6.04. The monoisotopic (exact) mass is 226 g/mol. The Morgan fingerprint density at radius 2 is 1.69 bits per heavy atom. The number of thioether (sulfide) groups is 1. The minimum Gasteiger partial charge on any atom is -0.161 e. The lowest BCUT2D eigenvalue weighted by Crippen LogP contribution is -2.14. The molecule has 0 bridgehead atoms. The van der Waals surface area contributed by atoms with Crippen LogP contribution in [-0.4, -0.2) is 11.5 Å². The third kappa shape index (κ3) is 1.07. The number of hydrogen-bond donors (Lipinski definition) is 0. The largest absolute Gasteiger partial charge is 0.161 e. The van der Waals surface area contributed by atoms with Crippen LogP contribution in [0.15, 0.2) is 36.4 Å². The van der Waals surface area contributed by atoms with Gasteiger partial charge in [0.25, 0.3) is 0 Å². The van der Waals surface area contributed by atoms with E-state index in [-0.39, 0.29) is 0 Å². The van der Waals surface area contributed by atoms with Crippen molar-refractivity contribution < 1.29 is 0 Å². The van der Waals surface area contributed by atoms with E-state index in [1.807, 2.05) is 0 Å². The molecule has 2 aromatic carbocycles. The van der Waals surface area contributed by atoms with Gasteiger partial charge in [-0.1, -0.05) is 36.4 Å². The molecule has 0 nitrogen and oxygen atoms in total. The highest BCUT2D eigenvalue weighted by Crippen LogP contribution is 2.51.